The molecule has 0 spiro atoms. The van der Waals surface area contributed by atoms with Gasteiger partial charge in [-0.3, -0.25) is 38.4 Å². The van der Waals surface area contributed by atoms with Gasteiger partial charge in [0.1, 0.15) is 69.0 Å². The van der Waals surface area contributed by atoms with Crippen LogP contribution in [0, 0.1) is 28.2 Å². The van der Waals surface area contributed by atoms with Crippen LogP contribution in [-0.4, -0.2) is 234 Å². The van der Waals surface area contributed by atoms with Gasteiger partial charge in [-0.2, -0.15) is 0 Å². The number of ketones is 2. The summed E-state index contributed by atoms with van der Waals surface area (Å²) in [6.45, 7) is 22.6. The molecule has 0 aliphatic carbocycles. The maximum atomic E-state index is 15.8. The summed E-state index contributed by atoms with van der Waals surface area (Å²) >= 11 is 8.07. The number of esters is 4. The van der Waals surface area contributed by atoms with E-state index in [1.165, 1.54) is 68.2 Å². The second kappa shape index (κ2) is 47.3. The number of carbonyl (C=O) groups is 8. The molecule has 1 aliphatic heterocycles. The van der Waals surface area contributed by atoms with E-state index in [1.807, 2.05) is 26.0 Å². The van der Waals surface area contributed by atoms with E-state index in [9.17, 15) is 44.4 Å². The lowest BCUT2D eigenvalue weighted by atomic mass is 9.46. The Kier molecular flexibility index (Phi) is 43.5. The molecule has 99 heavy (non-hydrogen) atoms. The minimum absolute atomic E-state index is 0.0393. The number of aliphatic hydroxyl groups excluding tert-OH is 3. The molecular weight excluding hydrogens is 1380 g/mol. The number of rotatable bonds is 54. The number of amides is 1. The molecule has 25 nitrogen and oxygen atoms in total. The molecule has 0 bridgehead atoms. The van der Waals surface area contributed by atoms with E-state index in [0.29, 0.717) is 53.6 Å². The van der Waals surface area contributed by atoms with Crippen LogP contribution in [0.5, 0.6) is 0 Å². The molecule has 0 radical (unpaired) electrons. The first-order chi connectivity index (χ1) is 46.9. The van der Waals surface area contributed by atoms with Crippen LogP contribution in [0.3, 0.4) is 0 Å². The minimum atomic E-state index is -2.46. The number of aromatic nitrogens is 1. The third kappa shape index (κ3) is 29.9. The maximum absolute atomic E-state index is 15.8. The SMILES string of the molecule is [C-]#[N+]C(C)(CCC(=O)CCCOCCOCCC(=O)CCCCCCO[C@@H]1O[C@H](CO)[C@H](O)[C@H](O)[C@H]1NC(C)=O)CC(C)(C(=O)OCCOC)C(C)(C(=O)OCCN(C)C)C(C)(CC(CCC)(CC(C)(SC(=S)SCC)C(=O)OCCSSc1ccccn1)C(=O)O)C(=O)OCCCC. The van der Waals surface area contributed by atoms with Crippen molar-refractivity contribution in [1.82, 2.24) is 15.2 Å². The molecule has 1 fully saturated rings. The second-order valence-corrected chi connectivity index (χ2v) is 32.6. The number of methoxy groups -OCH3 is 1. The molecule has 6 unspecified atom stereocenters. The fraction of sp³-hybridized carbons (Fsp3) is 0.783. The van der Waals surface area contributed by atoms with Gasteiger partial charge in [0.25, 0.3) is 0 Å². The highest BCUT2D eigenvalue weighted by molar-refractivity contribution is 8.76. The van der Waals surface area contributed by atoms with Gasteiger partial charge in [-0.1, -0.05) is 87.3 Å². The molecule has 2 heterocycles. The molecule has 1 aromatic heterocycles. The molecular formula is C69H112N4O21S5. The van der Waals surface area contributed by atoms with E-state index in [2.05, 4.69) is 15.1 Å². The molecule has 1 aromatic rings. The summed E-state index contributed by atoms with van der Waals surface area (Å²) in [7, 11) is 7.72. The number of Topliss-reactive ketones (excluding diaryl/α,β-unsaturated/α-hetero) is 2. The summed E-state index contributed by atoms with van der Waals surface area (Å²) < 4.78 is 50.8. The van der Waals surface area contributed by atoms with Gasteiger partial charge < -0.3 is 78.1 Å². The molecule has 30 heteroatoms. The number of carboxylic acids is 1. The summed E-state index contributed by atoms with van der Waals surface area (Å²) in [5, 5.41) is 45.4. The average molecular weight is 1490 g/mol. The van der Waals surface area contributed by atoms with Crippen molar-refractivity contribution in [3.05, 3.63) is 35.8 Å². The van der Waals surface area contributed by atoms with Gasteiger partial charge in [-0.05, 0) is 115 Å². The number of aliphatic hydroxyl groups is 3. The molecule has 11 atom stereocenters. The van der Waals surface area contributed by atoms with Crippen molar-refractivity contribution in [3.63, 3.8) is 0 Å². The first-order valence-electron chi connectivity index (χ1n) is 34.1. The predicted molar refractivity (Wildman–Crippen MR) is 386 cm³/mol. The quantitative estimate of drug-likeness (QED) is 0.0101. The van der Waals surface area contributed by atoms with Crippen LogP contribution in [0.15, 0.2) is 29.4 Å². The lowest BCUT2D eigenvalue weighted by Gasteiger charge is -2.54. The molecule has 564 valence electrons. The fourth-order valence-corrected chi connectivity index (χ4v) is 16.8. The Balaban J connectivity index is 2.39. The van der Waals surface area contributed by atoms with Crippen molar-refractivity contribution in [3.8, 4) is 0 Å². The summed E-state index contributed by atoms with van der Waals surface area (Å²) in [5.74, 6) is -5.04. The fourth-order valence-electron chi connectivity index (χ4n) is 11.9. The molecule has 0 aromatic carbocycles. The van der Waals surface area contributed by atoms with Gasteiger partial charge in [-0.15, -0.1) is 11.8 Å². The Morgan fingerprint density at radius 3 is 1.95 bits per heavy atom. The van der Waals surface area contributed by atoms with Crippen molar-refractivity contribution in [2.45, 2.75) is 217 Å². The third-order valence-electron chi connectivity index (χ3n) is 17.7. The highest BCUT2D eigenvalue weighted by Crippen LogP contribution is 2.63. The number of hydrogen-bond acceptors (Lipinski definition) is 27. The number of pyridine rings is 1. The summed E-state index contributed by atoms with van der Waals surface area (Å²) in [5.41, 5.74) is -10.8. The van der Waals surface area contributed by atoms with Crippen LogP contribution in [0.4, 0.5) is 0 Å². The molecule has 1 aliphatic rings. The highest BCUT2D eigenvalue weighted by Gasteiger charge is 2.72. The number of thiocarbonyl (C=S) groups is 1. The van der Waals surface area contributed by atoms with Crippen LogP contribution < -0.4 is 5.32 Å². The molecule has 0 saturated carbocycles. The molecule has 5 N–H and O–H groups in total. The standard InChI is InChI=1S/C69H112N4O21S5/c1-14-17-35-90-60(83)66(7,47-69(30-15-2,58(80)81)48-67(8,98-63(95)96-16-3)61(84)93-43-44-97-99-53-27-21-22-32-71-53)68(9,62(85)91-38-33-73(11)12)65(6,59(82)92-42-39-86-13)46-64(5,70-10)31-28-50(76)26-24-34-87-40-41-88-37-29-51(77)25-20-18-19-23-36-89-57-54(72-49(4)75)56(79)55(78)52(45-74)94-57/h21-22,27,32,52,54-57,74,78-79H,14-20,23-26,28-31,33-48H2,1-9,11-13H3,(H,72,75)(H,80,81)/t52-,54-,55+,56-,57-,64?,65?,66?,67?,68?,69?/m1/s1. The van der Waals surface area contributed by atoms with Gasteiger partial charge in [0.05, 0.1) is 61.3 Å². The van der Waals surface area contributed by atoms with Crippen molar-refractivity contribution in [2.24, 2.45) is 21.7 Å². The van der Waals surface area contributed by atoms with E-state index in [0.717, 1.165) is 29.6 Å². The Labute approximate surface area is 608 Å². The Hall–Kier alpha value is -4.07. The smallest absolute Gasteiger partial charge is 0.322 e. The Morgan fingerprint density at radius 1 is 0.707 bits per heavy atom. The zero-order chi connectivity index (χ0) is 74.3. The number of aliphatic carboxylic acids is 1. The second-order valence-electron chi connectivity index (χ2n) is 26.2. The monoisotopic (exact) mass is 1490 g/mol. The van der Waals surface area contributed by atoms with E-state index in [-0.39, 0.29) is 123 Å². The molecule has 1 saturated heterocycles. The Morgan fingerprint density at radius 2 is 1.34 bits per heavy atom. The predicted octanol–water partition coefficient (Wildman–Crippen LogP) is 9.30. The van der Waals surface area contributed by atoms with E-state index in [1.54, 1.807) is 52.0 Å². The van der Waals surface area contributed by atoms with Crippen LogP contribution >= 0.6 is 57.3 Å². The van der Waals surface area contributed by atoms with Gasteiger partial charge >= 0.3 is 29.8 Å². The van der Waals surface area contributed by atoms with E-state index < -0.39 is 124 Å². The summed E-state index contributed by atoms with van der Waals surface area (Å²) in [4.78, 5) is 125. The highest BCUT2D eigenvalue weighted by atomic mass is 33.1. The average Bonchev–Trinajstić information content (AvgIpc) is 0.704. The van der Waals surface area contributed by atoms with Gasteiger partial charge in [0.15, 0.2) is 6.29 Å². The van der Waals surface area contributed by atoms with Crippen LogP contribution in [0.1, 0.15) is 171 Å². The minimum Gasteiger partial charge on any atom is -0.481 e. The van der Waals surface area contributed by atoms with Crippen molar-refractivity contribution in [1.29, 1.82) is 0 Å². The number of thioether (sulfide) groups is 2. The summed E-state index contributed by atoms with van der Waals surface area (Å²) in [6.07, 6.45) is -0.466. The van der Waals surface area contributed by atoms with Crippen molar-refractivity contribution < 1.29 is 101 Å². The number of likely N-dealkylation sites (N-methyl/N-ethyl adjacent to an activating group) is 1. The Bertz CT molecular complexity index is 2700. The number of nitrogens with zero attached hydrogens (tertiary/aromatic N) is 3. The van der Waals surface area contributed by atoms with Crippen LogP contribution in [-0.2, 0) is 81.0 Å². The topological polar surface area (TPSA) is 333 Å². The normalized spacial score (nSPS) is 19.8. The van der Waals surface area contributed by atoms with Crippen molar-refractivity contribution >= 4 is 108 Å². The zero-order valence-electron chi connectivity index (χ0n) is 60.2. The van der Waals surface area contributed by atoms with Crippen LogP contribution in [0.2, 0.25) is 0 Å². The van der Waals surface area contributed by atoms with Gasteiger partial charge in [-0.25, -0.2) is 11.6 Å². The maximum Gasteiger partial charge on any atom is 0.322 e. The first kappa shape index (κ1) is 91.0. The van der Waals surface area contributed by atoms with Gasteiger partial charge in [0, 0.05) is 91.2 Å². The van der Waals surface area contributed by atoms with Gasteiger partial charge in [0.2, 0.25) is 11.4 Å². The van der Waals surface area contributed by atoms with E-state index >= 15 is 14.4 Å². The number of carboxylic acid groups (broad SMARTS) is 1. The number of nitrogens with one attached hydrogen (secondary N) is 1. The zero-order valence-corrected chi connectivity index (χ0v) is 64.3. The molecule has 1 amide bonds. The summed E-state index contributed by atoms with van der Waals surface area (Å²) in [6, 6.07) is 4.48. The number of hydrogen-bond donors (Lipinski definition) is 5. The third-order valence-corrected chi connectivity index (χ3v) is 22.6. The number of ether oxygens (including phenoxy) is 9. The van der Waals surface area contributed by atoms with Crippen LogP contribution in [0.25, 0.3) is 4.85 Å². The lowest BCUT2D eigenvalue weighted by molar-refractivity contribution is -0.270. The lowest BCUT2D eigenvalue weighted by Crippen LogP contribution is -2.64. The number of carbonyl (C=O) groups excluding carboxylic acids is 7. The van der Waals surface area contributed by atoms with E-state index in [4.69, 9.17) is 61.4 Å². The first-order valence-corrected chi connectivity index (χ1v) is 38.6. The number of unbranched alkanes of at least 4 members (excludes halogenated alkanes) is 4. The van der Waals surface area contributed by atoms with Crippen molar-refractivity contribution in [2.75, 3.05) is 112 Å². The largest absolute Gasteiger partial charge is 0.481 e. The molecule has 2 rings (SSSR count).